The molecule has 2 rings (SSSR count). The van der Waals surface area contributed by atoms with Gasteiger partial charge in [0.15, 0.2) is 5.69 Å². The van der Waals surface area contributed by atoms with Gasteiger partial charge in [0.05, 0.1) is 0 Å². The predicted molar refractivity (Wildman–Crippen MR) is 60.6 cm³/mol. The molecular formula is C13H17N2+. The Hall–Kier alpha value is -1.57. The van der Waals surface area contributed by atoms with Gasteiger partial charge in [-0.25, -0.2) is 4.57 Å². The van der Waals surface area contributed by atoms with Crippen LogP contribution in [-0.2, 0) is 13.6 Å². The molecule has 0 unspecified atom stereocenters. The van der Waals surface area contributed by atoms with Crippen molar-refractivity contribution in [3.05, 3.63) is 53.6 Å². The molecule has 78 valence electrons. The molecule has 0 aromatic carbocycles. The van der Waals surface area contributed by atoms with Gasteiger partial charge in [-0.1, -0.05) is 0 Å². The Labute approximate surface area is 90.8 Å². The van der Waals surface area contributed by atoms with Crippen LogP contribution in [0.3, 0.4) is 0 Å². The van der Waals surface area contributed by atoms with Crippen molar-refractivity contribution in [2.24, 2.45) is 7.05 Å². The summed E-state index contributed by atoms with van der Waals surface area (Å²) in [6, 6.07) is 8.57. The van der Waals surface area contributed by atoms with Crippen LogP contribution >= 0.6 is 0 Å². The summed E-state index contributed by atoms with van der Waals surface area (Å²) >= 11 is 0. The van der Waals surface area contributed by atoms with Gasteiger partial charge in [0.2, 0.25) is 5.69 Å². The fraction of sp³-hybridized carbons (Fsp3) is 0.308. The van der Waals surface area contributed by atoms with Crippen LogP contribution in [0.5, 0.6) is 0 Å². The van der Waals surface area contributed by atoms with Gasteiger partial charge in [-0.2, -0.15) is 0 Å². The van der Waals surface area contributed by atoms with Crippen molar-refractivity contribution >= 4 is 0 Å². The smallest absolute Gasteiger partial charge is 0.201 e. The lowest BCUT2D eigenvalue weighted by molar-refractivity contribution is -0.685. The second kappa shape index (κ2) is 3.89. The Balaban J connectivity index is 2.36. The van der Waals surface area contributed by atoms with Gasteiger partial charge in [0, 0.05) is 31.5 Å². The lowest BCUT2D eigenvalue weighted by Crippen LogP contribution is -2.37. The Bertz CT molecular complexity index is 456. The largest absolute Gasteiger partial charge is 0.344 e. The van der Waals surface area contributed by atoms with Crippen molar-refractivity contribution in [3.8, 4) is 0 Å². The highest BCUT2D eigenvalue weighted by atomic mass is 15.0. The number of nitrogens with zero attached hydrogens (tertiary/aromatic N) is 2. The number of pyridine rings is 1. The maximum absolute atomic E-state index is 2.24. The van der Waals surface area contributed by atoms with E-state index >= 15 is 0 Å². The molecule has 0 atom stereocenters. The van der Waals surface area contributed by atoms with E-state index in [2.05, 4.69) is 66.7 Å². The van der Waals surface area contributed by atoms with Gasteiger partial charge in [0.1, 0.15) is 13.6 Å². The number of hydrogen-bond donors (Lipinski definition) is 0. The van der Waals surface area contributed by atoms with Gasteiger partial charge in [-0.15, -0.1) is 0 Å². The zero-order chi connectivity index (χ0) is 10.8. The van der Waals surface area contributed by atoms with Crippen molar-refractivity contribution < 1.29 is 4.57 Å². The van der Waals surface area contributed by atoms with E-state index in [0.29, 0.717) is 0 Å². The van der Waals surface area contributed by atoms with Crippen molar-refractivity contribution in [3.63, 3.8) is 0 Å². The van der Waals surface area contributed by atoms with E-state index in [9.17, 15) is 0 Å². The maximum atomic E-state index is 2.24. The van der Waals surface area contributed by atoms with Crippen LogP contribution in [-0.4, -0.2) is 4.57 Å². The highest BCUT2D eigenvalue weighted by Crippen LogP contribution is 2.04. The molecule has 0 saturated heterocycles. The van der Waals surface area contributed by atoms with Crippen LogP contribution in [0.1, 0.15) is 17.0 Å². The zero-order valence-electron chi connectivity index (χ0n) is 9.57. The van der Waals surface area contributed by atoms with E-state index in [0.717, 1.165) is 6.54 Å². The molecule has 0 saturated carbocycles. The van der Waals surface area contributed by atoms with Crippen molar-refractivity contribution in [2.45, 2.75) is 20.4 Å². The summed E-state index contributed by atoms with van der Waals surface area (Å²) in [6.45, 7) is 5.23. The summed E-state index contributed by atoms with van der Waals surface area (Å²) in [5, 5.41) is 0. The monoisotopic (exact) mass is 201 g/mol. The molecule has 15 heavy (non-hydrogen) atoms. The molecule has 0 amide bonds. The van der Waals surface area contributed by atoms with Crippen LogP contribution in [0.25, 0.3) is 0 Å². The lowest BCUT2D eigenvalue weighted by atomic mass is 10.2. The molecule has 0 spiro atoms. The third kappa shape index (κ3) is 2.09. The second-order valence-electron chi connectivity index (χ2n) is 4.08. The van der Waals surface area contributed by atoms with Crippen LogP contribution in [0.15, 0.2) is 36.7 Å². The second-order valence-corrected chi connectivity index (χ2v) is 4.08. The molecule has 0 radical (unpaired) electrons. The molecule has 0 aliphatic rings. The van der Waals surface area contributed by atoms with E-state index in [4.69, 9.17) is 0 Å². The van der Waals surface area contributed by atoms with E-state index in [-0.39, 0.29) is 0 Å². The van der Waals surface area contributed by atoms with Gasteiger partial charge in [0.25, 0.3) is 0 Å². The molecule has 2 aromatic heterocycles. The van der Waals surface area contributed by atoms with Gasteiger partial charge in [-0.05, 0) is 24.6 Å². The summed E-state index contributed by atoms with van der Waals surface area (Å²) in [6.07, 6.45) is 4.19. The molecule has 0 aliphatic carbocycles. The summed E-state index contributed by atoms with van der Waals surface area (Å²) in [5.41, 5.74) is 3.97. The Morgan fingerprint density at radius 1 is 1.13 bits per heavy atom. The minimum Gasteiger partial charge on any atom is -0.344 e. The van der Waals surface area contributed by atoms with Gasteiger partial charge in [-0.3, -0.25) is 0 Å². The molecular weight excluding hydrogens is 184 g/mol. The quantitative estimate of drug-likeness (QED) is 0.657. The Morgan fingerprint density at radius 2 is 1.80 bits per heavy atom. The first kappa shape index (κ1) is 9.97. The van der Waals surface area contributed by atoms with Crippen molar-refractivity contribution in [1.82, 2.24) is 4.57 Å². The van der Waals surface area contributed by atoms with Crippen LogP contribution in [0, 0.1) is 13.8 Å². The molecule has 0 bridgehead atoms. The Morgan fingerprint density at radius 3 is 2.47 bits per heavy atom. The number of aromatic nitrogens is 2. The van der Waals surface area contributed by atoms with Gasteiger partial charge >= 0.3 is 0 Å². The average molecular weight is 201 g/mol. The van der Waals surface area contributed by atoms with Gasteiger partial charge < -0.3 is 4.57 Å². The molecule has 2 aromatic rings. The molecule has 0 fully saturated rings. The summed E-state index contributed by atoms with van der Waals surface area (Å²) < 4.78 is 4.43. The molecule has 0 N–H and O–H groups in total. The fourth-order valence-corrected chi connectivity index (χ4v) is 1.87. The predicted octanol–water partition coefficient (Wildman–Crippen LogP) is 1.98. The first-order valence-corrected chi connectivity index (χ1v) is 5.24. The minimum absolute atomic E-state index is 0.937. The third-order valence-corrected chi connectivity index (χ3v) is 2.80. The first-order chi connectivity index (χ1) is 7.16. The minimum atomic E-state index is 0.937. The average Bonchev–Trinajstić information content (AvgIpc) is 2.66. The first-order valence-electron chi connectivity index (χ1n) is 5.24. The molecule has 0 aliphatic heterocycles. The normalized spacial score (nSPS) is 10.6. The van der Waals surface area contributed by atoms with Crippen LogP contribution in [0.4, 0.5) is 0 Å². The summed E-state index contributed by atoms with van der Waals surface area (Å²) in [7, 11) is 2.12. The zero-order valence-corrected chi connectivity index (χ0v) is 9.57. The highest BCUT2D eigenvalue weighted by molar-refractivity contribution is 5.15. The standard InChI is InChI=1S/C13H17N2/c1-11-8-12(2)14(3)13(9-11)10-15-6-4-5-7-15/h4-9H,10H2,1-3H3/q+1. The fourth-order valence-electron chi connectivity index (χ4n) is 1.87. The van der Waals surface area contributed by atoms with Crippen LogP contribution in [0.2, 0.25) is 0 Å². The van der Waals surface area contributed by atoms with Crippen molar-refractivity contribution in [1.29, 1.82) is 0 Å². The summed E-state index contributed by atoms with van der Waals surface area (Å²) in [4.78, 5) is 0. The number of hydrogen-bond acceptors (Lipinski definition) is 0. The molecule has 2 heteroatoms. The summed E-state index contributed by atoms with van der Waals surface area (Å²) in [5.74, 6) is 0. The SMILES string of the molecule is Cc1cc(C)[n+](C)c(Cn2cccc2)c1. The van der Waals surface area contributed by atoms with Crippen molar-refractivity contribution in [2.75, 3.05) is 0 Å². The lowest BCUT2D eigenvalue weighted by Gasteiger charge is -2.05. The van der Waals surface area contributed by atoms with E-state index in [1.54, 1.807) is 0 Å². The van der Waals surface area contributed by atoms with E-state index < -0.39 is 0 Å². The Kier molecular flexibility index (Phi) is 2.58. The molecule has 2 nitrogen and oxygen atoms in total. The number of aryl methyl sites for hydroxylation is 2. The van der Waals surface area contributed by atoms with Crippen LogP contribution < -0.4 is 4.57 Å². The highest BCUT2D eigenvalue weighted by Gasteiger charge is 2.10. The number of rotatable bonds is 2. The topological polar surface area (TPSA) is 8.81 Å². The van der Waals surface area contributed by atoms with E-state index in [1.165, 1.54) is 17.0 Å². The maximum Gasteiger partial charge on any atom is 0.201 e. The molecule has 2 heterocycles. The van der Waals surface area contributed by atoms with E-state index in [1.807, 2.05) is 0 Å². The third-order valence-electron chi connectivity index (χ3n) is 2.80.